The third-order valence-corrected chi connectivity index (χ3v) is 13.5. The molecule has 0 radical (unpaired) electrons. The summed E-state index contributed by atoms with van der Waals surface area (Å²) >= 11 is 0. The Balaban J connectivity index is 1.61. The van der Waals surface area contributed by atoms with Crippen LogP contribution in [-0.2, 0) is 4.79 Å². The second-order valence-electron chi connectivity index (χ2n) is 14.3. The standard InChI is InChI=1S/C30H48O5/c1-18-19(16-31)8-13-30(25(34)35)15-14-28(4)20(24(18)30)6-7-22-26(2)11-10-23(33)27(3,17-32)21(26)9-12-29(22,28)5/h6,18-19,21-24,31-33H,7-17H2,1-5H3,(H,34,35)/t18-,19-,21+,22+,23-,24-,26-,27-,28+,29+,30-/m0/s1. The van der Waals surface area contributed by atoms with Crippen LogP contribution in [0.15, 0.2) is 11.6 Å². The Morgan fingerprint density at radius 2 is 1.69 bits per heavy atom. The fourth-order valence-corrected chi connectivity index (χ4v) is 11.0. The maximum atomic E-state index is 12.8. The molecule has 0 aromatic rings. The zero-order valence-electron chi connectivity index (χ0n) is 22.5. The van der Waals surface area contributed by atoms with Gasteiger partial charge in [-0.2, -0.15) is 0 Å². The molecule has 0 amide bonds. The molecular formula is C30H48O5. The molecular weight excluding hydrogens is 440 g/mol. The number of hydrogen-bond acceptors (Lipinski definition) is 4. The smallest absolute Gasteiger partial charge is 0.310 e. The molecule has 0 spiro atoms. The van der Waals surface area contributed by atoms with Gasteiger partial charge in [-0.05, 0) is 104 Å². The van der Waals surface area contributed by atoms with Crippen molar-refractivity contribution in [2.75, 3.05) is 13.2 Å². The van der Waals surface area contributed by atoms with Gasteiger partial charge in [0.1, 0.15) is 0 Å². The first-order valence-corrected chi connectivity index (χ1v) is 14.2. The van der Waals surface area contributed by atoms with E-state index in [1.807, 2.05) is 0 Å². The van der Waals surface area contributed by atoms with Crippen molar-refractivity contribution >= 4 is 5.97 Å². The average molecular weight is 489 g/mol. The van der Waals surface area contributed by atoms with Crippen LogP contribution in [0.1, 0.15) is 92.4 Å². The van der Waals surface area contributed by atoms with Gasteiger partial charge in [-0.3, -0.25) is 4.79 Å². The summed E-state index contributed by atoms with van der Waals surface area (Å²) in [7, 11) is 0. The predicted octanol–water partition coefficient (Wildman–Crippen LogP) is 5.03. The Hall–Kier alpha value is -0.910. The maximum Gasteiger partial charge on any atom is 0.310 e. The van der Waals surface area contributed by atoms with Gasteiger partial charge in [0.05, 0.1) is 18.1 Å². The number of carboxylic acids is 1. The lowest BCUT2D eigenvalue weighted by molar-refractivity contribution is -0.217. The van der Waals surface area contributed by atoms with Gasteiger partial charge in [0.15, 0.2) is 0 Å². The lowest BCUT2D eigenvalue weighted by Gasteiger charge is -2.71. The molecule has 0 heterocycles. The first-order valence-electron chi connectivity index (χ1n) is 14.2. The number of rotatable bonds is 3. The minimum absolute atomic E-state index is 0.0103. The van der Waals surface area contributed by atoms with E-state index < -0.39 is 22.9 Å². The fraction of sp³-hybridized carbons (Fsp3) is 0.900. The minimum Gasteiger partial charge on any atom is -0.481 e. The van der Waals surface area contributed by atoms with Crippen molar-refractivity contribution in [3.05, 3.63) is 11.6 Å². The van der Waals surface area contributed by atoms with Gasteiger partial charge in [0, 0.05) is 12.0 Å². The highest BCUT2D eigenvalue weighted by Gasteiger charge is 2.70. The number of carbonyl (C=O) groups is 1. The molecule has 0 aromatic carbocycles. The molecule has 0 aliphatic heterocycles. The summed E-state index contributed by atoms with van der Waals surface area (Å²) < 4.78 is 0. The normalized spacial score (nSPS) is 55.6. The van der Waals surface area contributed by atoms with E-state index in [-0.39, 0.29) is 53.1 Å². The molecule has 0 unspecified atom stereocenters. The molecule has 5 rings (SSSR count). The number of carboxylic acid groups (broad SMARTS) is 1. The summed E-state index contributed by atoms with van der Waals surface area (Å²) in [5, 5.41) is 42.0. The highest BCUT2D eigenvalue weighted by Crippen LogP contribution is 2.75. The number of aliphatic hydroxyl groups excluding tert-OH is 3. The SMILES string of the molecule is C[C@H]1[C@H](CO)CC[C@]2(C(=O)O)CC[C@]3(C)C(=CC[C@@H]4[C@@]5(C)CC[C@H](O)[C@@](C)(CO)[C@@H]5CC[C@]43C)[C@H]12. The van der Waals surface area contributed by atoms with Crippen molar-refractivity contribution < 1.29 is 25.2 Å². The lowest BCUT2D eigenvalue weighted by atomic mass is 9.33. The van der Waals surface area contributed by atoms with Crippen LogP contribution in [0.3, 0.4) is 0 Å². The van der Waals surface area contributed by atoms with Crippen molar-refractivity contribution in [3.8, 4) is 0 Å². The number of aliphatic carboxylic acids is 1. The largest absolute Gasteiger partial charge is 0.481 e. The first-order chi connectivity index (χ1) is 16.4. The quantitative estimate of drug-likeness (QED) is 0.418. The van der Waals surface area contributed by atoms with Crippen LogP contribution in [0.25, 0.3) is 0 Å². The molecule has 4 saturated carbocycles. The molecule has 11 atom stereocenters. The van der Waals surface area contributed by atoms with Gasteiger partial charge < -0.3 is 20.4 Å². The highest BCUT2D eigenvalue weighted by molar-refractivity contribution is 5.76. The topological polar surface area (TPSA) is 98.0 Å². The summed E-state index contributed by atoms with van der Waals surface area (Å²) in [4.78, 5) is 12.8. The molecule has 5 aliphatic carbocycles. The van der Waals surface area contributed by atoms with Crippen LogP contribution in [0.4, 0.5) is 0 Å². The van der Waals surface area contributed by atoms with Crippen molar-refractivity contribution in [1.29, 1.82) is 0 Å². The number of allylic oxidation sites excluding steroid dienone is 2. The van der Waals surface area contributed by atoms with E-state index >= 15 is 0 Å². The van der Waals surface area contributed by atoms with Crippen LogP contribution in [0, 0.1) is 56.7 Å². The molecule has 5 heteroatoms. The molecule has 4 N–H and O–H groups in total. The zero-order valence-corrected chi connectivity index (χ0v) is 22.5. The van der Waals surface area contributed by atoms with Crippen molar-refractivity contribution in [1.82, 2.24) is 0 Å². The van der Waals surface area contributed by atoms with Gasteiger partial charge in [0.25, 0.3) is 0 Å². The number of aliphatic hydroxyl groups is 3. The van der Waals surface area contributed by atoms with Crippen molar-refractivity contribution in [3.63, 3.8) is 0 Å². The first kappa shape index (κ1) is 25.7. The summed E-state index contributed by atoms with van der Waals surface area (Å²) in [6.07, 6.45) is 9.82. The van der Waals surface area contributed by atoms with E-state index in [0.717, 1.165) is 51.4 Å². The van der Waals surface area contributed by atoms with E-state index in [1.54, 1.807) is 0 Å². The third kappa shape index (κ3) is 3.01. The van der Waals surface area contributed by atoms with E-state index in [1.165, 1.54) is 5.57 Å². The van der Waals surface area contributed by atoms with Crippen LogP contribution in [-0.4, -0.2) is 45.7 Å². The molecule has 198 valence electrons. The van der Waals surface area contributed by atoms with Gasteiger partial charge in [0.2, 0.25) is 0 Å². The molecule has 0 bridgehead atoms. The second-order valence-corrected chi connectivity index (χ2v) is 14.3. The molecule has 5 aliphatic rings. The van der Waals surface area contributed by atoms with Gasteiger partial charge >= 0.3 is 5.97 Å². The fourth-order valence-electron chi connectivity index (χ4n) is 11.0. The summed E-state index contributed by atoms with van der Waals surface area (Å²) in [6, 6.07) is 0. The van der Waals surface area contributed by atoms with E-state index in [0.29, 0.717) is 12.3 Å². The Labute approximate surface area is 211 Å². The molecule has 35 heavy (non-hydrogen) atoms. The summed E-state index contributed by atoms with van der Waals surface area (Å²) in [5.41, 5.74) is 0.240. The monoisotopic (exact) mass is 488 g/mol. The van der Waals surface area contributed by atoms with E-state index in [4.69, 9.17) is 0 Å². The highest BCUT2D eigenvalue weighted by atomic mass is 16.4. The summed E-state index contributed by atoms with van der Waals surface area (Å²) in [6.45, 7) is 11.8. The van der Waals surface area contributed by atoms with Gasteiger partial charge in [-0.15, -0.1) is 0 Å². The second kappa shape index (κ2) is 8.04. The minimum atomic E-state index is -0.703. The third-order valence-electron chi connectivity index (χ3n) is 13.5. The van der Waals surface area contributed by atoms with E-state index in [9.17, 15) is 25.2 Å². The average Bonchev–Trinajstić information content (AvgIpc) is 2.82. The van der Waals surface area contributed by atoms with E-state index in [2.05, 4.69) is 40.7 Å². The molecule has 4 fully saturated rings. The van der Waals surface area contributed by atoms with Crippen molar-refractivity contribution in [2.24, 2.45) is 56.7 Å². The molecule has 0 saturated heterocycles. The van der Waals surface area contributed by atoms with Gasteiger partial charge in [-0.1, -0.05) is 46.3 Å². The van der Waals surface area contributed by atoms with Crippen LogP contribution in [0.5, 0.6) is 0 Å². The zero-order chi connectivity index (χ0) is 25.6. The summed E-state index contributed by atoms with van der Waals surface area (Å²) in [5.74, 6) is 0.408. The molecule has 0 aromatic heterocycles. The van der Waals surface area contributed by atoms with Crippen LogP contribution >= 0.6 is 0 Å². The van der Waals surface area contributed by atoms with Crippen LogP contribution < -0.4 is 0 Å². The Morgan fingerprint density at radius 3 is 2.31 bits per heavy atom. The number of fused-ring (bicyclic) bond motifs is 7. The van der Waals surface area contributed by atoms with Gasteiger partial charge in [-0.25, -0.2) is 0 Å². The number of hydrogen-bond donors (Lipinski definition) is 4. The molecule has 5 nitrogen and oxygen atoms in total. The maximum absolute atomic E-state index is 12.8. The van der Waals surface area contributed by atoms with Crippen LogP contribution in [0.2, 0.25) is 0 Å². The Kier molecular flexibility index (Phi) is 5.91. The lowest BCUT2D eigenvalue weighted by Crippen LogP contribution is -2.66. The Morgan fingerprint density at radius 1 is 0.971 bits per heavy atom. The predicted molar refractivity (Wildman–Crippen MR) is 135 cm³/mol. The van der Waals surface area contributed by atoms with Crippen molar-refractivity contribution in [2.45, 2.75) is 98.5 Å². The Bertz CT molecular complexity index is 914.